The lowest BCUT2D eigenvalue weighted by Crippen LogP contribution is -2.41. The van der Waals surface area contributed by atoms with E-state index < -0.39 is 34.5 Å². The number of alkyl halides is 2. The zero-order valence-electron chi connectivity index (χ0n) is 14.2. The van der Waals surface area contributed by atoms with E-state index in [9.17, 15) is 27.8 Å². The van der Waals surface area contributed by atoms with Crippen molar-refractivity contribution < 1.29 is 27.8 Å². The van der Waals surface area contributed by atoms with Crippen molar-refractivity contribution in [2.45, 2.75) is 44.8 Å². The molecule has 0 aliphatic rings. The molecule has 136 valence electrons. The molecule has 0 bridgehead atoms. The molecule has 0 spiro atoms. The van der Waals surface area contributed by atoms with E-state index in [0.29, 0.717) is 6.92 Å². The molecule has 2 N–H and O–H groups in total. The van der Waals surface area contributed by atoms with Gasteiger partial charge in [0.1, 0.15) is 11.5 Å². The molecule has 1 aromatic heterocycles. The second-order valence-electron chi connectivity index (χ2n) is 6.74. The van der Waals surface area contributed by atoms with Gasteiger partial charge in [0, 0.05) is 18.1 Å². The smallest absolute Gasteiger partial charge is 0.278 e. The van der Waals surface area contributed by atoms with Gasteiger partial charge in [-0.2, -0.15) is 0 Å². The van der Waals surface area contributed by atoms with E-state index in [4.69, 9.17) is 0 Å². The predicted octanol–water partition coefficient (Wildman–Crippen LogP) is 4.12. The molecule has 1 unspecified atom stereocenters. The molecule has 0 aliphatic heterocycles. The third-order valence-electron chi connectivity index (χ3n) is 4.09. The number of rotatable bonds is 4. The van der Waals surface area contributed by atoms with Gasteiger partial charge in [-0.25, -0.2) is 22.5 Å². The van der Waals surface area contributed by atoms with Gasteiger partial charge in [0.15, 0.2) is 11.4 Å². The van der Waals surface area contributed by atoms with Crippen molar-refractivity contribution in [3.05, 3.63) is 53.2 Å². The maximum absolute atomic E-state index is 14.8. The second kappa shape index (κ2) is 6.07. The Hall–Kier alpha value is -1.99. The van der Waals surface area contributed by atoms with Crippen LogP contribution >= 0.6 is 0 Å². The van der Waals surface area contributed by atoms with Crippen LogP contribution in [0.15, 0.2) is 30.3 Å². The number of aliphatic hydroxyl groups is 2. The summed E-state index contributed by atoms with van der Waals surface area (Å²) < 4.78 is 55.5. The Kier molecular flexibility index (Phi) is 4.69. The van der Waals surface area contributed by atoms with Crippen LogP contribution < -0.4 is 0 Å². The fourth-order valence-corrected chi connectivity index (χ4v) is 2.25. The van der Waals surface area contributed by atoms with Crippen LogP contribution in [0.1, 0.15) is 39.0 Å². The van der Waals surface area contributed by atoms with Crippen molar-refractivity contribution >= 4 is 0 Å². The largest absolute Gasteiger partial charge is 0.386 e. The number of pyridine rings is 1. The zero-order valence-corrected chi connectivity index (χ0v) is 14.2. The fourth-order valence-electron chi connectivity index (χ4n) is 2.25. The molecule has 7 heteroatoms. The topological polar surface area (TPSA) is 53.4 Å². The van der Waals surface area contributed by atoms with Crippen LogP contribution in [0, 0.1) is 11.6 Å². The second-order valence-corrected chi connectivity index (χ2v) is 6.74. The minimum atomic E-state index is -3.57. The Bertz CT molecular complexity index is 775. The first-order chi connectivity index (χ1) is 11.2. The SMILES string of the molecule is CC(C)(O)c1cc(C(C)(O)C(C)(F)F)nc(-c2ccc(F)cc2)c1F. The lowest BCUT2D eigenvalue weighted by molar-refractivity contribution is -0.167. The number of aromatic nitrogens is 1. The van der Waals surface area contributed by atoms with Gasteiger partial charge >= 0.3 is 0 Å². The van der Waals surface area contributed by atoms with Crippen molar-refractivity contribution in [2.24, 2.45) is 0 Å². The molecular weight excluding hydrogens is 338 g/mol. The van der Waals surface area contributed by atoms with Gasteiger partial charge in [0.2, 0.25) is 0 Å². The lowest BCUT2D eigenvalue weighted by Gasteiger charge is -2.31. The molecule has 2 rings (SSSR count). The standard InChI is InChI=1S/C18H19F4NO2/c1-16(2,24)12-9-13(17(3,25)18(4,21)22)23-15(14(12)20)10-5-7-11(19)8-6-10/h5-9,24-25H,1-4H3. The van der Waals surface area contributed by atoms with Gasteiger partial charge in [-0.15, -0.1) is 0 Å². The highest BCUT2D eigenvalue weighted by atomic mass is 19.3. The highest BCUT2D eigenvalue weighted by Crippen LogP contribution is 2.39. The lowest BCUT2D eigenvalue weighted by atomic mass is 9.89. The molecule has 0 aliphatic carbocycles. The predicted molar refractivity (Wildman–Crippen MR) is 85.0 cm³/mol. The average Bonchev–Trinajstić information content (AvgIpc) is 2.46. The minimum absolute atomic E-state index is 0.126. The molecule has 25 heavy (non-hydrogen) atoms. The van der Waals surface area contributed by atoms with Crippen LogP contribution in [0.2, 0.25) is 0 Å². The summed E-state index contributed by atoms with van der Waals surface area (Å²) in [6, 6.07) is 5.52. The van der Waals surface area contributed by atoms with E-state index in [0.717, 1.165) is 25.1 Å². The molecule has 0 amide bonds. The van der Waals surface area contributed by atoms with E-state index in [-0.39, 0.29) is 16.8 Å². The molecule has 3 nitrogen and oxygen atoms in total. The summed E-state index contributed by atoms with van der Waals surface area (Å²) in [5, 5.41) is 20.4. The highest BCUT2D eigenvalue weighted by molar-refractivity contribution is 5.61. The number of halogens is 4. The highest BCUT2D eigenvalue weighted by Gasteiger charge is 2.48. The number of nitrogens with zero attached hydrogens (tertiary/aromatic N) is 1. The minimum Gasteiger partial charge on any atom is -0.386 e. The summed E-state index contributed by atoms with van der Waals surface area (Å²) in [7, 11) is 0. The summed E-state index contributed by atoms with van der Waals surface area (Å²) in [5.74, 6) is -5.07. The van der Waals surface area contributed by atoms with Gasteiger partial charge in [0.05, 0.1) is 11.3 Å². The first-order valence-electron chi connectivity index (χ1n) is 7.55. The Morgan fingerprint density at radius 2 is 1.44 bits per heavy atom. The number of benzene rings is 1. The molecule has 0 saturated carbocycles. The first kappa shape index (κ1) is 19.3. The van der Waals surface area contributed by atoms with Crippen LogP contribution in [-0.2, 0) is 11.2 Å². The van der Waals surface area contributed by atoms with Crippen LogP contribution in [-0.4, -0.2) is 21.1 Å². The third-order valence-corrected chi connectivity index (χ3v) is 4.09. The first-order valence-corrected chi connectivity index (χ1v) is 7.55. The van der Waals surface area contributed by atoms with Crippen LogP contribution in [0.5, 0.6) is 0 Å². The summed E-state index contributed by atoms with van der Waals surface area (Å²) in [6.07, 6.45) is 0. The quantitative estimate of drug-likeness (QED) is 0.810. The van der Waals surface area contributed by atoms with Crippen molar-refractivity contribution in [3.63, 3.8) is 0 Å². The van der Waals surface area contributed by atoms with Gasteiger partial charge in [-0.1, -0.05) is 0 Å². The number of hydrogen-bond donors (Lipinski definition) is 2. The molecule has 1 atom stereocenters. The monoisotopic (exact) mass is 357 g/mol. The average molecular weight is 357 g/mol. The van der Waals surface area contributed by atoms with Crippen molar-refractivity contribution in [1.82, 2.24) is 4.98 Å². The normalized spacial score (nSPS) is 15.1. The zero-order chi connectivity index (χ0) is 19.2. The van der Waals surface area contributed by atoms with Crippen LogP contribution in [0.4, 0.5) is 17.6 Å². The molecule has 1 heterocycles. The van der Waals surface area contributed by atoms with Gasteiger partial charge in [-0.05, 0) is 51.1 Å². The van der Waals surface area contributed by atoms with Crippen molar-refractivity contribution in [2.75, 3.05) is 0 Å². The Balaban J connectivity index is 2.80. The summed E-state index contributed by atoms with van der Waals surface area (Å²) >= 11 is 0. The molecule has 0 saturated heterocycles. The van der Waals surface area contributed by atoms with E-state index in [1.807, 2.05) is 0 Å². The molecule has 2 aromatic rings. The van der Waals surface area contributed by atoms with Gasteiger partial charge in [0.25, 0.3) is 5.92 Å². The van der Waals surface area contributed by atoms with Crippen LogP contribution in [0.25, 0.3) is 11.3 Å². The van der Waals surface area contributed by atoms with Crippen LogP contribution in [0.3, 0.4) is 0 Å². The Morgan fingerprint density at radius 1 is 0.920 bits per heavy atom. The van der Waals surface area contributed by atoms with Crippen molar-refractivity contribution in [3.8, 4) is 11.3 Å². The maximum atomic E-state index is 14.8. The van der Waals surface area contributed by atoms with E-state index >= 15 is 0 Å². The van der Waals surface area contributed by atoms with E-state index in [1.54, 1.807) is 0 Å². The summed E-state index contributed by atoms with van der Waals surface area (Å²) in [5.41, 5.74) is -5.45. The van der Waals surface area contributed by atoms with E-state index in [1.165, 1.54) is 26.0 Å². The van der Waals surface area contributed by atoms with Gasteiger partial charge < -0.3 is 10.2 Å². The molecular formula is C18H19F4NO2. The molecule has 1 aromatic carbocycles. The summed E-state index contributed by atoms with van der Waals surface area (Å²) in [4.78, 5) is 3.85. The summed E-state index contributed by atoms with van der Waals surface area (Å²) in [6.45, 7) is 3.93. The van der Waals surface area contributed by atoms with Gasteiger partial charge in [-0.3, -0.25) is 0 Å². The Labute approximate surface area is 143 Å². The maximum Gasteiger partial charge on any atom is 0.278 e. The Morgan fingerprint density at radius 3 is 1.88 bits per heavy atom. The fraction of sp³-hybridized carbons (Fsp3) is 0.389. The molecule has 0 fully saturated rings. The van der Waals surface area contributed by atoms with Crippen molar-refractivity contribution in [1.29, 1.82) is 0 Å². The van der Waals surface area contributed by atoms with E-state index in [2.05, 4.69) is 4.98 Å². The number of hydrogen-bond acceptors (Lipinski definition) is 3. The third kappa shape index (κ3) is 3.67. The molecule has 0 radical (unpaired) electrons.